The smallest absolute Gasteiger partial charge is 0.311 e. The molecule has 1 aromatic carbocycles. The molecule has 0 heterocycles. The molecule has 0 atom stereocenters. The van der Waals surface area contributed by atoms with E-state index in [0.29, 0.717) is 0 Å². The number of ether oxygens (including phenoxy) is 2. The minimum Gasteiger partial charge on any atom is -0.466 e. The molecule has 0 unspecified atom stereocenters. The molecule has 6 heteroatoms. The minimum absolute atomic E-state index is 0.0641. The van der Waals surface area contributed by atoms with E-state index < -0.39 is 17.8 Å². The third kappa shape index (κ3) is 4.79. The lowest BCUT2D eigenvalue weighted by atomic mass is 10.2. The van der Waals surface area contributed by atoms with Gasteiger partial charge < -0.3 is 15.2 Å². The first-order chi connectivity index (χ1) is 9.04. The molecule has 0 saturated carbocycles. The van der Waals surface area contributed by atoms with E-state index in [0.717, 1.165) is 0 Å². The van der Waals surface area contributed by atoms with Gasteiger partial charge in [-0.3, -0.25) is 14.4 Å². The molecule has 1 rings (SSSR count). The van der Waals surface area contributed by atoms with Gasteiger partial charge in [-0.15, -0.1) is 0 Å². The van der Waals surface area contributed by atoms with Crippen molar-refractivity contribution in [2.75, 3.05) is 6.61 Å². The van der Waals surface area contributed by atoms with Crippen LogP contribution in [0.2, 0.25) is 0 Å². The highest BCUT2D eigenvalue weighted by Gasteiger charge is 2.14. The van der Waals surface area contributed by atoms with Gasteiger partial charge in [0.1, 0.15) is 5.75 Å². The topological polar surface area (TPSA) is 95.7 Å². The fraction of sp³-hybridized carbons (Fsp3) is 0.308. The lowest BCUT2D eigenvalue weighted by Crippen LogP contribution is -2.16. The van der Waals surface area contributed by atoms with Gasteiger partial charge >= 0.3 is 11.9 Å². The largest absolute Gasteiger partial charge is 0.466 e. The molecule has 1 aromatic rings. The van der Waals surface area contributed by atoms with Gasteiger partial charge in [-0.2, -0.15) is 0 Å². The van der Waals surface area contributed by atoms with Gasteiger partial charge in [0, 0.05) is 0 Å². The number of esters is 2. The molecule has 1 amide bonds. The number of hydrogen-bond donors (Lipinski definition) is 1. The summed E-state index contributed by atoms with van der Waals surface area (Å²) in [5.74, 6) is -1.69. The number of rotatable bonds is 6. The second kappa shape index (κ2) is 7.15. The van der Waals surface area contributed by atoms with Crippen LogP contribution in [-0.2, 0) is 14.3 Å². The molecule has 19 heavy (non-hydrogen) atoms. The van der Waals surface area contributed by atoms with Gasteiger partial charge in [0.15, 0.2) is 0 Å². The summed E-state index contributed by atoms with van der Waals surface area (Å²) in [7, 11) is 0. The monoisotopic (exact) mass is 265 g/mol. The van der Waals surface area contributed by atoms with Gasteiger partial charge in [-0.05, 0) is 19.1 Å². The minimum atomic E-state index is -0.686. The molecule has 0 bridgehead atoms. The van der Waals surface area contributed by atoms with Crippen molar-refractivity contribution in [1.29, 1.82) is 0 Å². The average molecular weight is 265 g/mol. The van der Waals surface area contributed by atoms with Crippen LogP contribution in [0.1, 0.15) is 30.1 Å². The zero-order valence-corrected chi connectivity index (χ0v) is 10.5. The Labute approximate surface area is 110 Å². The van der Waals surface area contributed by atoms with Crippen molar-refractivity contribution in [3.8, 4) is 5.75 Å². The first-order valence-electron chi connectivity index (χ1n) is 5.79. The number of amides is 1. The van der Waals surface area contributed by atoms with Crippen molar-refractivity contribution >= 4 is 17.8 Å². The third-order valence-corrected chi connectivity index (χ3v) is 2.21. The van der Waals surface area contributed by atoms with Gasteiger partial charge in [0.2, 0.25) is 0 Å². The molecular formula is C13H15NO5. The summed E-state index contributed by atoms with van der Waals surface area (Å²) in [6, 6.07) is 6.13. The van der Waals surface area contributed by atoms with E-state index >= 15 is 0 Å². The first-order valence-corrected chi connectivity index (χ1v) is 5.79. The molecule has 0 aromatic heterocycles. The fourth-order valence-electron chi connectivity index (χ4n) is 1.37. The number of benzene rings is 1. The summed E-state index contributed by atoms with van der Waals surface area (Å²) < 4.78 is 9.67. The second-order valence-electron chi connectivity index (χ2n) is 3.64. The van der Waals surface area contributed by atoms with E-state index in [9.17, 15) is 14.4 Å². The maximum Gasteiger partial charge on any atom is 0.311 e. The summed E-state index contributed by atoms with van der Waals surface area (Å²) in [5, 5.41) is 0. The number of nitrogens with two attached hydrogens (primary N) is 1. The first kappa shape index (κ1) is 14.7. The molecule has 0 spiro atoms. The SMILES string of the molecule is CCOC(=O)CCC(=O)Oc1ccccc1C(N)=O. The Morgan fingerprint density at radius 3 is 2.37 bits per heavy atom. The van der Waals surface area contributed by atoms with Crippen molar-refractivity contribution in [1.82, 2.24) is 0 Å². The number of hydrogen-bond acceptors (Lipinski definition) is 5. The highest BCUT2D eigenvalue weighted by molar-refractivity contribution is 5.96. The summed E-state index contributed by atoms with van der Waals surface area (Å²) in [4.78, 5) is 33.7. The predicted molar refractivity (Wildman–Crippen MR) is 66.5 cm³/mol. The van der Waals surface area contributed by atoms with Crippen LogP contribution >= 0.6 is 0 Å². The van der Waals surface area contributed by atoms with Gasteiger partial charge in [0.05, 0.1) is 25.0 Å². The molecule has 0 radical (unpaired) electrons. The van der Waals surface area contributed by atoms with E-state index in [2.05, 4.69) is 4.74 Å². The number of carbonyl (C=O) groups excluding carboxylic acids is 3. The van der Waals surface area contributed by atoms with E-state index in [1.54, 1.807) is 19.1 Å². The summed E-state index contributed by atoms with van der Waals surface area (Å²) >= 11 is 0. The van der Waals surface area contributed by atoms with Crippen LogP contribution in [0.25, 0.3) is 0 Å². The quantitative estimate of drug-likeness (QED) is 0.612. The normalized spacial score (nSPS) is 9.74. The second-order valence-corrected chi connectivity index (χ2v) is 3.64. The van der Waals surface area contributed by atoms with Crippen molar-refractivity contribution in [3.63, 3.8) is 0 Å². The Balaban J connectivity index is 2.58. The Morgan fingerprint density at radius 2 is 1.74 bits per heavy atom. The van der Waals surface area contributed by atoms with E-state index in [1.165, 1.54) is 12.1 Å². The fourth-order valence-corrected chi connectivity index (χ4v) is 1.37. The van der Waals surface area contributed by atoms with Crippen molar-refractivity contribution in [2.24, 2.45) is 5.73 Å². The van der Waals surface area contributed by atoms with Crippen molar-refractivity contribution in [3.05, 3.63) is 29.8 Å². The summed E-state index contributed by atoms with van der Waals surface area (Å²) in [5.41, 5.74) is 5.27. The van der Waals surface area contributed by atoms with E-state index in [-0.39, 0.29) is 30.8 Å². The van der Waals surface area contributed by atoms with Gasteiger partial charge in [-0.25, -0.2) is 0 Å². The Morgan fingerprint density at radius 1 is 1.11 bits per heavy atom. The van der Waals surface area contributed by atoms with Gasteiger partial charge in [-0.1, -0.05) is 12.1 Å². The van der Waals surface area contributed by atoms with Crippen molar-refractivity contribution in [2.45, 2.75) is 19.8 Å². The average Bonchev–Trinajstić information content (AvgIpc) is 2.37. The highest BCUT2D eigenvalue weighted by atomic mass is 16.5. The van der Waals surface area contributed by atoms with E-state index in [1.807, 2.05) is 0 Å². The van der Waals surface area contributed by atoms with Crippen LogP contribution in [0.5, 0.6) is 5.75 Å². The lowest BCUT2D eigenvalue weighted by molar-refractivity contribution is -0.146. The standard InChI is InChI=1S/C13H15NO5/c1-2-18-11(15)7-8-12(16)19-10-6-4-3-5-9(10)13(14)17/h3-6H,2,7-8H2,1H3,(H2,14,17). The molecule has 0 fully saturated rings. The predicted octanol–water partition coefficient (Wildman–Crippen LogP) is 1.03. The molecule has 0 aliphatic rings. The number of para-hydroxylation sites is 1. The van der Waals surface area contributed by atoms with Crippen LogP contribution in [0.3, 0.4) is 0 Å². The van der Waals surface area contributed by atoms with Crippen LogP contribution in [0.15, 0.2) is 24.3 Å². The molecule has 0 aliphatic carbocycles. The third-order valence-electron chi connectivity index (χ3n) is 2.21. The summed E-state index contributed by atoms with van der Waals surface area (Å²) in [6.07, 6.45) is -0.183. The maximum atomic E-state index is 11.5. The Bertz CT molecular complexity index is 484. The number of primary amides is 1. The summed E-state index contributed by atoms with van der Waals surface area (Å²) in [6.45, 7) is 1.94. The Kier molecular flexibility index (Phi) is 5.53. The van der Waals surface area contributed by atoms with Crippen molar-refractivity contribution < 1.29 is 23.9 Å². The molecule has 102 valence electrons. The molecule has 0 saturated heterocycles. The lowest BCUT2D eigenvalue weighted by Gasteiger charge is -2.07. The zero-order chi connectivity index (χ0) is 14.3. The highest BCUT2D eigenvalue weighted by Crippen LogP contribution is 2.17. The van der Waals surface area contributed by atoms with Crippen LogP contribution < -0.4 is 10.5 Å². The Hall–Kier alpha value is -2.37. The zero-order valence-electron chi connectivity index (χ0n) is 10.5. The molecule has 0 aliphatic heterocycles. The molecule has 2 N–H and O–H groups in total. The van der Waals surface area contributed by atoms with Crippen LogP contribution in [0, 0.1) is 0 Å². The molecule has 6 nitrogen and oxygen atoms in total. The van der Waals surface area contributed by atoms with Crippen LogP contribution in [-0.4, -0.2) is 24.5 Å². The molecular weight excluding hydrogens is 250 g/mol. The van der Waals surface area contributed by atoms with Crippen LogP contribution in [0.4, 0.5) is 0 Å². The maximum absolute atomic E-state index is 11.5. The van der Waals surface area contributed by atoms with Gasteiger partial charge in [0.25, 0.3) is 5.91 Å². The number of carbonyl (C=O) groups is 3. The van der Waals surface area contributed by atoms with E-state index in [4.69, 9.17) is 10.5 Å².